The summed E-state index contributed by atoms with van der Waals surface area (Å²) >= 11 is 0. The number of nitrogens with one attached hydrogen (secondary N) is 1. The molecule has 0 bridgehead atoms. The molecule has 0 amide bonds. The maximum Gasteiger partial charge on any atom is 0.378 e. The fraction of sp³-hybridized carbons (Fsp3) is 0. The Morgan fingerprint density at radius 3 is 2.60 bits per heavy atom. The molecule has 1 aromatic carbocycles. The third-order valence-corrected chi connectivity index (χ3v) is 2.04. The van der Waals surface area contributed by atoms with E-state index < -0.39 is 11.8 Å². The van der Waals surface area contributed by atoms with E-state index in [0.29, 0.717) is 10.9 Å². The molecule has 3 N–H and O–H groups in total. The minimum Gasteiger partial charge on any atom is -0.508 e. The number of carboxylic acid groups (broad SMARTS) is 1. The molecule has 0 aliphatic rings. The Balaban J connectivity index is 2.56. The molecular weight excluding hydrogens is 198 g/mol. The number of aromatic hydroxyl groups is 1. The number of fused-ring (bicyclic) bond motifs is 1. The summed E-state index contributed by atoms with van der Waals surface area (Å²) in [6.07, 6.45) is 0. The summed E-state index contributed by atoms with van der Waals surface area (Å²) in [6, 6.07) is 5.87. The molecule has 0 atom stereocenters. The largest absolute Gasteiger partial charge is 0.508 e. The number of aromatic nitrogens is 1. The van der Waals surface area contributed by atoms with Gasteiger partial charge in [0.15, 0.2) is 0 Å². The van der Waals surface area contributed by atoms with Crippen LogP contribution < -0.4 is 0 Å². The number of phenols is 1. The van der Waals surface area contributed by atoms with Gasteiger partial charge in [0, 0.05) is 10.9 Å². The number of ketones is 1. The molecule has 2 aromatic rings. The lowest BCUT2D eigenvalue weighted by Gasteiger charge is -1.90. The van der Waals surface area contributed by atoms with Gasteiger partial charge in [0.2, 0.25) is 0 Å². The highest BCUT2D eigenvalue weighted by molar-refractivity contribution is 6.39. The summed E-state index contributed by atoms with van der Waals surface area (Å²) in [5, 5.41) is 18.3. The van der Waals surface area contributed by atoms with Crippen LogP contribution in [-0.4, -0.2) is 26.9 Å². The van der Waals surface area contributed by atoms with Gasteiger partial charge in [-0.25, -0.2) is 4.79 Å². The molecule has 0 radical (unpaired) electrons. The number of hydrogen-bond donors (Lipinski definition) is 3. The van der Waals surface area contributed by atoms with Crippen LogP contribution in [0.5, 0.6) is 5.75 Å². The van der Waals surface area contributed by atoms with E-state index in [2.05, 4.69) is 4.98 Å². The van der Waals surface area contributed by atoms with Crippen LogP contribution >= 0.6 is 0 Å². The second-order valence-electron chi connectivity index (χ2n) is 3.09. The van der Waals surface area contributed by atoms with Crippen molar-refractivity contribution in [1.82, 2.24) is 4.98 Å². The first-order valence-electron chi connectivity index (χ1n) is 4.17. The minimum atomic E-state index is -1.51. The van der Waals surface area contributed by atoms with E-state index in [-0.39, 0.29) is 11.4 Å². The van der Waals surface area contributed by atoms with Crippen molar-refractivity contribution in [3.05, 3.63) is 30.0 Å². The number of H-pyrrole nitrogens is 1. The molecule has 0 aliphatic carbocycles. The number of carboxylic acids is 1. The van der Waals surface area contributed by atoms with Crippen molar-refractivity contribution in [3.63, 3.8) is 0 Å². The van der Waals surface area contributed by atoms with E-state index in [4.69, 9.17) is 5.11 Å². The number of hydrogen-bond acceptors (Lipinski definition) is 3. The molecule has 0 spiro atoms. The van der Waals surface area contributed by atoms with Crippen LogP contribution in [0.3, 0.4) is 0 Å². The topological polar surface area (TPSA) is 90.4 Å². The average molecular weight is 205 g/mol. The van der Waals surface area contributed by atoms with E-state index >= 15 is 0 Å². The summed E-state index contributed by atoms with van der Waals surface area (Å²) < 4.78 is 0. The number of benzene rings is 1. The fourth-order valence-electron chi connectivity index (χ4n) is 1.36. The summed E-state index contributed by atoms with van der Waals surface area (Å²) in [4.78, 5) is 24.2. The van der Waals surface area contributed by atoms with Crippen LogP contribution in [0, 0.1) is 0 Å². The molecule has 1 aromatic heterocycles. The summed E-state index contributed by atoms with van der Waals surface area (Å²) in [6.45, 7) is 0. The van der Waals surface area contributed by atoms with Gasteiger partial charge in [-0.05, 0) is 24.3 Å². The zero-order valence-electron chi connectivity index (χ0n) is 7.52. The molecular formula is C10H7NO4. The molecule has 15 heavy (non-hydrogen) atoms. The van der Waals surface area contributed by atoms with Gasteiger partial charge >= 0.3 is 5.97 Å². The number of Topliss-reactive ketones (excluding diaryl/α,β-unsaturated/α-hetero) is 1. The third-order valence-electron chi connectivity index (χ3n) is 2.04. The number of aromatic amines is 1. The number of aliphatic carboxylic acids is 1. The molecule has 0 saturated heterocycles. The van der Waals surface area contributed by atoms with Crippen LogP contribution in [0.1, 0.15) is 10.5 Å². The number of carbonyl (C=O) groups is 2. The Labute approximate surface area is 84.0 Å². The van der Waals surface area contributed by atoms with Crippen LogP contribution in [0.4, 0.5) is 0 Å². The number of rotatable bonds is 2. The molecule has 76 valence electrons. The maximum absolute atomic E-state index is 11.1. The quantitative estimate of drug-likeness (QED) is 0.506. The lowest BCUT2D eigenvalue weighted by Crippen LogP contribution is -2.12. The van der Waals surface area contributed by atoms with Crippen molar-refractivity contribution in [1.29, 1.82) is 0 Å². The normalized spacial score (nSPS) is 10.4. The van der Waals surface area contributed by atoms with E-state index in [0.717, 1.165) is 0 Å². The summed E-state index contributed by atoms with van der Waals surface area (Å²) in [5.74, 6) is -2.44. The van der Waals surface area contributed by atoms with E-state index in [1.54, 1.807) is 6.07 Å². The van der Waals surface area contributed by atoms with E-state index in [1.165, 1.54) is 18.2 Å². The standard InChI is InChI=1S/C10H7NO4/c12-6-1-2-7-5(3-6)4-8(11-7)9(13)10(14)15/h1-4,11-12H,(H,14,15). The monoisotopic (exact) mass is 205 g/mol. The lowest BCUT2D eigenvalue weighted by atomic mass is 10.2. The Kier molecular flexibility index (Phi) is 1.93. The van der Waals surface area contributed by atoms with Crippen molar-refractivity contribution < 1.29 is 19.8 Å². The highest BCUT2D eigenvalue weighted by atomic mass is 16.4. The van der Waals surface area contributed by atoms with Gasteiger partial charge < -0.3 is 15.2 Å². The maximum atomic E-state index is 11.1. The summed E-state index contributed by atoms with van der Waals surface area (Å²) in [7, 11) is 0. The van der Waals surface area contributed by atoms with Crippen LogP contribution in [-0.2, 0) is 4.79 Å². The Hall–Kier alpha value is -2.30. The molecule has 0 aliphatic heterocycles. The van der Waals surface area contributed by atoms with Gasteiger partial charge in [-0.3, -0.25) is 4.79 Å². The van der Waals surface area contributed by atoms with Gasteiger partial charge in [-0.2, -0.15) is 0 Å². The van der Waals surface area contributed by atoms with Gasteiger partial charge in [-0.15, -0.1) is 0 Å². The molecule has 1 heterocycles. The van der Waals surface area contributed by atoms with Gasteiger partial charge in [0.25, 0.3) is 5.78 Å². The van der Waals surface area contributed by atoms with Crippen molar-refractivity contribution in [2.45, 2.75) is 0 Å². The van der Waals surface area contributed by atoms with Gasteiger partial charge in [0.05, 0.1) is 5.69 Å². The van der Waals surface area contributed by atoms with E-state index in [1.807, 2.05) is 0 Å². The first-order valence-corrected chi connectivity index (χ1v) is 4.17. The van der Waals surface area contributed by atoms with Crippen LogP contribution in [0.2, 0.25) is 0 Å². The minimum absolute atomic E-state index is 0.00287. The fourth-order valence-corrected chi connectivity index (χ4v) is 1.36. The van der Waals surface area contributed by atoms with Crippen molar-refractivity contribution in [3.8, 4) is 5.75 Å². The molecule has 0 unspecified atom stereocenters. The Morgan fingerprint density at radius 1 is 1.20 bits per heavy atom. The SMILES string of the molecule is O=C(O)C(=O)c1cc2cc(O)ccc2[nH]1. The average Bonchev–Trinajstić information content (AvgIpc) is 2.58. The predicted octanol–water partition coefficient (Wildman–Crippen LogP) is 1.14. The van der Waals surface area contributed by atoms with Crippen molar-refractivity contribution in [2.75, 3.05) is 0 Å². The highest BCUT2D eigenvalue weighted by Crippen LogP contribution is 2.20. The molecule has 0 fully saturated rings. The second-order valence-corrected chi connectivity index (χ2v) is 3.09. The molecule has 5 heteroatoms. The zero-order chi connectivity index (χ0) is 11.0. The first-order chi connectivity index (χ1) is 7.08. The number of carbonyl (C=O) groups excluding carboxylic acids is 1. The number of phenolic OH excluding ortho intramolecular Hbond substituents is 1. The first kappa shape index (κ1) is 9.26. The zero-order valence-corrected chi connectivity index (χ0v) is 7.52. The van der Waals surface area contributed by atoms with Crippen molar-refractivity contribution in [2.24, 2.45) is 0 Å². The van der Waals surface area contributed by atoms with Crippen LogP contribution in [0.15, 0.2) is 24.3 Å². The Morgan fingerprint density at radius 2 is 1.93 bits per heavy atom. The van der Waals surface area contributed by atoms with Gasteiger partial charge in [-0.1, -0.05) is 0 Å². The second kappa shape index (κ2) is 3.13. The highest BCUT2D eigenvalue weighted by Gasteiger charge is 2.16. The molecule has 2 rings (SSSR count). The Bertz CT molecular complexity index is 556. The van der Waals surface area contributed by atoms with E-state index in [9.17, 15) is 14.7 Å². The molecule has 0 saturated carbocycles. The van der Waals surface area contributed by atoms with Gasteiger partial charge in [0.1, 0.15) is 5.75 Å². The predicted molar refractivity (Wildman–Crippen MR) is 51.9 cm³/mol. The lowest BCUT2D eigenvalue weighted by molar-refractivity contribution is -0.131. The summed E-state index contributed by atoms with van der Waals surface area (Å²) in [5.41, 5.74) is 0.612. The smallest absolute Gasteiger partial charge is 0.378 e. The van der Waals surface area contributed by atoms with Crippen molar-refractivity contribution >= 4 is 22.7 Å². The third kappa shape index (κ3) is 1.54. The van der Waals surface area contributed by atoms with Crippen LogP contribution in [0.25, 0.3) is 10.9 Å². The molecule has 5 nitrogen and oxygen atoms in total.